The van der Waals surface area contributed by atoms with Gasteiger partial charge in [-0.05, 0) is 43.7 Å². The largest absolute Gasteiger partial charge is 0.447 e. The predicted molar refractivity (Wildman–Crippen MR) is 114 cm³/mol. The molecule has 168 valence electrons. The number of nitrogens with one attached hydrogen (secondary N) is 2. The zero-order valence-electron chi connectivity index (χ0n) is 17.2. The SMILES string of the molecule is Cc1cccc(NC(=O)OC[C@H](C)NC(=O)c2cn(-c3ncccc3Cl)nc2C(F)F)c1. The van der Waals surface area contributed by atoms with Crippen LogP contribution in [0.25, 0.3) is 5.82 Å². The lowest BCUT2D eigenvalue weighted by molar-refractivity contribution is 0.0896. The number of carbonyl (C=O) groups is 2. The van der Waals surface area contributed by atoms with Crippen LogP contribution in [0.2, 0.25) is 5.02 Å². The van der Waals surface area contributed by atoms with E-state index in [4.69, 9.17) is 16.3 Å². The first-order chi connectivity index (χ1) is 15.2. The normalized spacial score (nSPS) is 11.8. The third-order valence-electron chi connectivity index (χ3n) is 4.26. The molecule has 2 aromatic heterocycles. The summed E-state index contributed by atoms with van der Waals surface area (Å²) in [5, 5.41) is 9.03. The van der Waals surface area contributed by atoms with Crippen molar-refractivity contribution in [3.8, 4) is 5.82 Å². The highest BCUT2D eigenvalue weighted by atomic mass is 35.5. The molecular formula is C21H20ClF2N5O3. The van der Waals surface area contributed by atoms with Gasteiger partial charge in [-0.25, -0.2) is 23.2 Å². The molecule has 3 aromatic rings. The molecule has 0 aliphatic carbocycles. The first-order valence-corrected chi connectivity index (χ1v) is 9.92. The number of carbonyl (C=O) groups excluding carboxylic acids is 2. The summed E-state index contributed by atoms with van der Waals surface area (Å²) < 4.78 is 33.0. The van der Waals surface area contributed by atoms with Gasteiger partial charge in [0.2, 0.25) is 0 Å². The van der Waals surface area contributed by atoms with Gasteiger partial charge in [0.15, 0.2) is 5.82 Å². The molecule has 0 aliphatic heterocycles. The van der Waals surface area contributed by atoms with E-state index in [1.165, 1.54) is 12.3 Å². The molecule has 2 amide bonds. The minimum Gasteiger partial charge on any atom is -0.447 e. The molecule has 0 spiro atoms. The highest BCUT2D eigenvalue weighted by molar-refractivity contribution is 6.32. The topological polar surface area (TPSA) is 98.1 Å². The highest BCUT2D eigenvalue weighted by Crippen LogP contribution is 2.24. The van der Waals surface area contributed by atoms with Gasteiger partial charge in [0, 0.05) is 18.1 Å². The lowest BCUT2D eigenvalue weighted by Gasteiger charge is -2.14. The maximum Gasteiger partial charge on any atom is 0.411 e. The Balaban J connectivity index is 1.63. The Morgan fingerprint density at radius 1 is 1.25 bits per heavy atom. The van der Waals surface area contributed by atoms with Crippen LogP contribution in [-0.2, 0) is 4.74 Å². The fourth-order valence-electron chi connectivity index (χ4n) is 2.80. The van der Waals surface area contributed by atoms with Crippen molar-refractivity contribution in [1.82, 2.24) is 20.1 Å². The molecule has 2 heterocycles. The molecule has 11 heteroatoms. The van der Waals surface area contributed by atoms with Crippen LogP contribution in [0.4, 0.5) is 19.3 Å². The van der Waals surface area contributed by atoms with Gasteiger partial charge in [-0.2, -0.15) is 5.10 Å². The molecule has 0 aliphatic rings. The summed E-state index contributed by atoms with van der Waals surface area (Å²) in [5.41, 5.74) is 0.479. The second kappa shape index (κ2) is 10.2. The number of pyridine rings is 1. The molecule has 0 bridgehead atoms. The van der Waals surface area contributed by atoms with Crippen molar-refractivity contribution in [1.29, 1.82) is 0 Å². The van der Waals surface area contributed by atoms with Gasteiger partial charge in [0.25, 0.3) is 12.3 Å². The molecular weight excluding hydrogens is 444 g/mol. The number of nitrogens with zero attached hydrogens (tertiary/aromatic N) is 3. The summed E-state index contributed by atoms with van der Waals surface area (Å²) in [5.74, 6) is -0.687. The lowest BCUT2D eigenvalue weighted by Crippen LogP contribution is -2.37. The van der Waals surface area contributed by atoms with Crippen LogP contribution in [0.15, 0.2) is 48.8 Å². The number of alkyl halides is 2. The third-order valence-corrected chi connectivity index (χ3v) is 4.55. The van der Waals surface area contributed by atoms with Crippen LogP contribution in [0, 0.1) is 6.92 Å². The van der Waals surface area contributed by atoms with E-state index in [9.17, 15) is 18.4 Å². The van der Waals surface area contributed by atoms with Gasteiger partial charge in [0.1, 0.15) is 12.3 Å². The average Bonchev–Trinajstić information content (AvgIpc) is 3.18. The Bertz CT molecular complexity index is 1120. The fourth-order valence-corrected chi connectivity index (χ4v) is 3.01. The molecule has 32 heavy (non-hydrogen) atoms. The smallest absolute Gasteiger partial charge is 0.411 e. The van der Waals surface area contributed by atoms with Crippen molar-refractivity contribution >= 4 is 29.3 Å². The van der Waals surface area contributed by atoms with E-state index < -0.39 is 30.2 Å². The number of rotatable bonds is 7. The van der Waals surface area contributed by atoms with Crippen LogP contribution < -0.4 is 10.6 Å². The quantitative estimate of drug-likeness (QED) is 0.536. The summed E-state index contributed by atoms with van der Waals surface area (Å²) in [6.07, 6.45) is -1.15. The summed E-state index contributed by atoms with van der Waals surface area (Å²) in [7, 11) is 0. The second-order valence-electron chi connectivity index (χ2n) is 6.95. The van der Waals surface area contributed by atoms with E-state index in [-0.39, 0.29) is 23.0 Å². The molecule has 2 N–H and O–H groups in total. The van der Waals surface area contributed by atoms with Crippen molar-refractivity contribution in [3.63, 3.8) is 0 Å². The number of aryl methyl sites for hydroxylation is 1. The van der Waals surface area contributed by atoms with Gasteiger partial charge in [-0.3, -0.25) is 10.1 Å². The van der Waals surface area contributed by atoms with Crippen molar-refractivity contribution in [2.45, 2.75) is 26.3 Å². The standard InChI is InChI=1S/C21H20ClF2N5O3/c1-12-5-3-6-14(9-12)27-21(31)32-11-13(2)26-20(30)15-10-29(28-17(15)18(23)24)19-16(22)7-4-8-25-19/h3-10,13,18H,11H2,1-2H3,(H,26,30)(H,27,31)/t13-/m0/s1. The highest BCUT2D eigenvalue weighted by Gasteiger charge is 2.25. The predicted octanol–water partition coefficient (Wildman–Crippen LogP) is 4.53. The number of amides is 2. The third kappa shape index (κ3) is 5.79. The molecule has 3 rings (SSSR count). The minimum atomic E-state index is -2.99. The van der Waals surface area contributed by atoms with E-state index in [0.29, 0.717) is 5.69 Å². The average molecular weight is 464 g/mol. The van der Waals surface area contributed by atoms with Crippen LogP contribution >= 0.6 is 11.6 Å². The van der Waals surface area contributed by atoms with Crippen LogP contribution in [-0.4, -0.2) is 39.4 Å². The number of hydrogen-bond acceptors (Lipinski definition) is 5. The van der Waals surface area contributed by atoms with Crippen molar-refractivity contribution in [2.24, 2.45) is 0 Å². The van der Waals surface area contributed by atoms with Gasteiger partial charge < -0.3 is 10.1 Å². The lowest BCUT2D eigenvalue weighted by atomic mass is 10.2. The minimum absolute atomic E-state index is 0.110. The first kappa shape index (κ1) is 23.1. The number of anilines is 1. The Kier molecular flexibility index (Phi) is 7.37. The van der Waals surface area contributed by atoms with Crippen molar-refractivity contribution in [3.05, 3.63) is 70.6 Å². The molecule has 0 saturated carbocycles. The van der Waals surface area contributed by atoms with E-state index in [1.807, 2.05) is 13.0 Å². The summed E-state index contributed by atoms with van der Waals surface area (Å²) in [6, 6.07) is 9.58. The van der Waals surface area contributed by atoms with E-state index in [1.54, 1.807) is 31.2 Å². The molecule has 8 nitrogen and oxygen atoms in total. The number of aromatic nitrogens is 3. The Morgan fingerprint density at radius 3 is 2.72 bits per heavy atom. The summed E-state index contributed by atoms with van der Waals surface area (Å²) >= 11 is 6.04. The monoisotopic (exact) mass is 463 g/mol. The Hall–Kier alpha value is -3.53. The van der Waals surface area contributed by atoms with E-state index in [0.717, 1.165) is 16.4 Å². The van der Waals surface area contributed by atoms with Gasteiger partial charge in [-0.1, -0.05) is 23.7 Å². The van der Waals surface area contributed by atoms with E-state index >= 15 is 0 Å². The molecule has 0 unspecified atom stereocenters. The zero-order chi connectivity index (χ0) is 23.3. The number of hydrogen-bond donors (Lipinski definition) is 2. The van der Waals surface area contributed by atoms with Crippen LogP contribution in [0.1, 0.15) is 35.0 Å². The maximum absolute atomic E-state index is 13.5. The number of ether oxygens (including phenoxy) is 1. The molecule has 1 atom stereocenters. The second-order valence-corrected chi connectivity index (χ2v) is 7.36. The summed E-state index contributed by atoms with van der Waals surface area (Å²) in [4.78, 5) is 28.5. The van der Waals surface area contributed by atoms with Crippen LogP contribution in [0.3, 0.4) is 0 Å². The number of halogens is 3. The van der Waals surface area contributed by atoms with Gasteiger partial charge in [0.05, 0.1) is 16.6 Å². The number of benzene rings is 1. The van der Waals surface area contributed by atoms with Gasteiger partial charge in [-0.15, -0.1) is 0 Å². The first-order valence-electron chi connectivity index (χ1n) is 9.54. The van der Waals surface area contributed by atoms with Crippen molar-refractivity contribution in [2.75, 3.05) is 11.9 Å². The molecule has 0 saturated heterocycles. The molecule has 0 radical (unpaired) electrons. The molecule has 0 fully saturated rings. The van der Waals surface area contributed by atoms with E-state index in [2.05, 4.69) is 20.7 Å². The zero-order valence-corrected chi connectivity index (χ0v) is 17.9. The maximum atomic E-state index is 13.5. The van der Waals surface area contributed by atoms with Crippen LogP contribution in [0.5, 0.6) is 0 Å². The Morgan fingerprint density at radius 2 is 2.03 bits per heavy atom. The molecule has 1 aromatic carbocycles. The van der Waals surface area contributed by atoms with Gasteiger partial charge >= 0.3 is 6.09 Å². The van der Waals surface area contributed by atoms with Crippen molar-refractivity contribution < 1.29 is 23.1 Å². The fraction of sp³-hybridized carbons (Fsp3) is 0.238. The summed E-state index contributed by atoms with van der Waals surface area (Å²) in [6.45, 7) is 3.28. The Labute approximate surface area is 187 Å².